The van der Waals surface area contributed by atoms with Gasteiger partial charge in [0.2, 0.25) is 0 Å². The van der Waals surface area contributed by atoms with E-state index in [4.69, 9.17) is 0 Å². The predicted octanol–water partition coefficient (Wildman–Crippen LogP) is 10.9. The van der Waals surface area contributed by atoms with E-state index in [1.54, 1.807) is 0 Å². The first-order valence-electron chi connectivity index (χ1n) is 16.3. The van der Waals surface area contributed by atoms with Gasteiger partial charge in [-0.15, -0.1) is 0 Å². The van der Waals surface area contributed by atoms with Crippen LogP contribution in [0, 0.1) is 0 Å². The smallest absolute Gasteiger partial charge is 0.0512 e. The van der Waals surface area contributed by atoms with Crippen LogP contribution in [0.25, 0.3) is 87.2 Å². The zero-order chi connectivity index (χ0) is 31.1. The standard InChI is InChI=1S/2C21H18N2/c1-3-23-19-11-7-5-9-15(19)17-12-20-16(13-21(17)23)14-8-4-6-10-18(14)22(20)2;1-3-23-19-11-7-5-9-15(19)17-12-16-14-8-4-6-10-18(14)22(2)20(16)13-21(17)23/h2*4-13H,3H2,1-2H3. The Labute approximate surface area is 267 Å². The molecule has 4 heteroatoms. The van der Waals surface area contributed by atoms with E-state index >= 15 is 0 Å². The molecule has 0 aliphatic rings. The Morgan fingerprint density at radius 3 is 1.15 bits per heavy atom. The lowest BCUT2D eigenvalue weighted by atomic mass is 10.1. The number of rotatable bonds is 2. The Balaban J connectivity index is 0.000000127. The zero-order valence-electron chi connectivity index (χ0n) is 26.8. The highest BCUT2D eigenvalue weighted by atomic mass is 15.0. The van der Waals surface area contributed by atoms with Crippen LogP contribution in [-0.4, -0.2) is 18.3 Å². The van der Waals surface area contributed by atoms with Gasteiger partial charge in [-0.3, -0.25) is 0 Å². The number of aromatic nitrogens is 4. The Hall–Kier alpha value is -5.48. The van der Waals surface area contributed by atoms with E-state index < -0.39 is 0 Å². The maximum absolute atomic E-state index is 2.42. The van der Waals surface area contributed by atoms with Crippen molar-refractivity contribution in [3.05, 3.63) is 121 Å². The molecule has 0 aliphatic heterocycles. The summed E-state index contributed by atoms with van der Waals surface area (Å²) < 4.78 is 9.46. The van der Waals surface area contributed by atoms with Gasteiger partial charge in [0.15, 0.2) is 0 Å². The van der Waals surface area contributed by atoms with Gasteiger partial charge in [-0.2, -0.15) is 0 Å². The van der Waals surface area contributed by atoms with Crippen LogP contribution in [0.1, 0.15) is 13.8 Å². The van der Waals surface area contributed by atoms with E-state index in [0.717, 1.165) is 13.1 Å². The van der Waals surface area contributed by atoms with Gasteiger partial charge < -0.3 is 18.3 Å². The van der Waals surface area contributed by atoms with Crippen LogP contribution in [0.4, 0.5) is 0 Å². The molecular formula is C42H36N4. The zero-order valence-corrected chi connectivity index (χ0v) is 26.8. The van der Waals surface area contributed by atoms with Crippen LogP contribution >= 0.6 is 0 Å². The van der Waals surface area contributed by atoms with Crippen molar-refractivity contribution in [1.82, 2.24) is 18.3 Å². The fourth-order valence-corrected chi connectivity index (χ4v) is 8.08. The van der Waals surface area contributed by atoms with Gasteiger partial charge in [0.05, 0.1) is 11.0 Å². The van der Waals surface area contributed by atoms with Gasteiger partial charge in [0, 0.05) is 103 Å². The molecule has 0 spiro atoms. The Kier molecular flexibility index (Phi) is 5.85. The quantitative estimate of drug-likeness (QED) is 0.189. The molecule has 10 rings (SSSR count). The second-order valence-electron chi connectivity index (χ2n) is 12.4. The summed E-state index contributed by atoms with van der Waals surface area (Å²) in [6.45, 7) is 6.41. The summed E-state index contributed by atoms with van der Waals surface area (Å²) in [7, 11) is 4.32. The minimum atomic E-state index is 0.986. The summed E-state index contributed by atoms with van der Waals surface area (Å²) in [6, 6.07) is 44.2. The molecule has 224 valence electrons. The lowest BCUT2D eigenvalue weighted by Gasteiger charge is -2.04. The van der Waals surface area contributed by atoms with Crippen molar-refractivity contribution in [1.29, 1.82) is 0 Å². The highest BCUT2D eigenvalue weighted by Gasteiger charge is 2.16. The van der Waals surface area contributed by atoms with Crippen LogP contribution in [0.2, 0.25) is 0 Å². The number of hydrogen-bond donors (Lipinski definition) is 0. The summed E-state index contributed by atoms with van der Waals surface area (Å²) in [6.07, 6.45) is 0. The fourth-order valence-electron chi connectivity index (χ4n) is 8.08. The maximum atomic E-state index is 2.42. The van der Waals surface area contributed by atoms with Crippen LogP contribution in [0.3, 0.4) is 0 Å². The topological polar surface area (TPSA) is 19.7 Å². The average Bonchev–Trinajstić information content (AvgIpc) is 3.78. The molecule has 0 saturated carbocycles. The van der Waals surface area contributed by atoms with Crippen molar-refractivity contribution >= 4 is 87.2 Å². The van der Waals surface area contributed by atoms with Crippen LogP contribution in [-0.2, 0) is 27.2 Å². The van der Waals surface area contributed by atoms with E-state index in [9.17, 15) is 0 Å². The molecular weight excluding hydrogens is 560 g/mol. The molecule has 0 saturated heterocycles. The SMILES string of the molecule is CCn1c2ccccc2c2cc3c(cc21)c1ccccc1n3C.CCn1c2ccccc2c2cc3c4ccccc4n(C)c3cc21. The van der Waals surface area contributed by atoms with Gasteiger partial charge in [-0.1, -0.05) is 72.8 Å². The molecule has 0 aliphatic carbocycles. The van der Waals surface area contributed by atoms with Gasteiger partial charge in [0.25, 0.3) is 0 Å². The lowest BCUT2D eigenvalue weighted by Crippen LogP contribution is -1.93. The highest BCUT2D eigenvalue weighted by Crippen LogP contribution is 2.38. The molecule has 0 bridgehead atoms. The minimum absolute atomic E-state index is 0.986. The number of benzene rings is 6. The molecule has 4 aromatic heterocycles. The molecule has 0 atom stereocenters. The number of fused-ring (bicyclic) bond motifs is 12. The van der Waals surface area contributed by atoms with Crippen molar-refractivity contribution < 1.29 is 0 Å². The largest absolute Gasteiger partial charge is 0.344 e. The van der Waals surface area contributed by atoms with E-state index in [0.29, 0.717) is 0 Å². The molecule has 0 fully saturated rings. The van der Waals surface area contributed by atoms with Crippen molar-refractivity contribution in [2.75, 3.05) is 0 Å². The minimum Gasteiger partial charge on any atom is -0.344 e. The van der Waals surface area contributed by atoms with Gasteiger partial charge >= 0.3 is 0 Å². The first-order valence-corrected chi connectivity index (χ1v) is 16.3. The Bertz CT molecular complexity index is 2790. The van der Waals surface area contributed by atoms with Crippen LogP contribution in [0.15, 0.2) is 121 Å². The maximum Gasteiger partial charge on any atom is 0.0512 e. The predicted molar refractivity (Wildman–Crippen MR) is 198 cm³/mol. The summed E-state index contributed by atoms with van der Waals surface area (Å²) in [5.74, 6) is 0. The van der Waals surface area contributed by atoms with E-state index in [2.05, 4.69) is 168 Å². The molecule has 4 heterocycles. The average molecular weight is 597 g/mol. The summed E-state index contributed by atoms with van der Waals surface area (Å²) in [5.41, 5.74) is 10.5. The van der Waals surface area contributed by atoms with Crippen LogP contribution in [0.5, 0.6) is 0 Å². The molecule has 10 aromatic rings. The van der Waals surface area contributed by atoms with E-state index in [-0.39, 0.29) is 0 Å². The first kappa shape index (κ1) is 26.9. The Morgan fingerprint density at radius 2 is 0.652 bits per heavy atom. The number of para-hydroxylation sites is 4. The normalized spacial score (nSPS) is 12.1. The van der Waals surface area contributed by atoms with Crippen molar-refractivity contribution in [2.24, 2.45) is 14.1 Å². The third-order valence-corrected chi connectivity index (χ3v) is 10.2. The second kappa shape index (κ2) is 10.0. The molecule has 0 amide bonds. The van der Waals surface area contributed by atoms with Crippen molar-refractivity contribution in [2.45, 2.75) is 26.9 Å². The summed E-state index contributed by atoms with van der Waals surface area (Å²) in [5, 5.41) is 10.7. The van der Waals surface area contributed by atoms with Crippen LogP contribution < -0.4 is 0 Å². The third kappa shape index (κ3) is 3.61. The first-order chi connectivity index (χ1) is 22.6. The van der Waals surface area contributed by atoms with E-state index in [1.807, 2.05) is 0 Å². The van der Waals surface area contributed by atoms with Crippen molar-refractivity contribution in [3.8, 4) is 0 Å². The summed E-state index contributed by atoms with van der Waals surface area (Å²) in [4.78, 5) is 0. The molecule has 46 heavy (non-hydrogen) atoms. The second-order valence-corrected chi connectivity index (χ2v) is 12.4. The number of aryl methyl sites for hydroxylation is 4. The third-order valence-electron chi connectivity index (χ3n) is 10.2. The highest BCUT2D eigenvalue weighted by molar-refractivity contribution is 6.19. The fraction of sp³-hybridized carbons (Fsp3) is 0.143. The molecule has 6 aromatic carbocycles. The number of hydrogen-bond acceptors (Lipinski definition) is 0. The lowest BCUT2D eigenvalue weighted by molar-refractivity contribution is 0.827. The monoisotopic (exact) mass is 596 g/mol. The summed E-state index contributed by atoms with van der Waals surface area (Å²) >= 11 is 0. The molecule has 0 radical (unpaired) electrons. The molecule has 4 nitrogen and oxygen atoms in total. The number of nitrogens with zero attached hydrogens (tertiary/aromatic N) is 4. The van der Waals surface area contributed by atoms with Gasteiger partial charge in [-0.05, 0) is 62.4 Å². The van der Waals surface area contributed by atoms with Gasteiger partial charge in [0.1, 0.15) is 0 Å². The Morgan fingerprint density at radius 1 is 0.326 bits per heavy atom. The van der Waals surface area contributed by atoms with Crippen molar-refractivity contribution in [3.63, 3.8) is 0 Å². The van der Waals surface area contributed by atoms with Gasteiger partial charge in [-0.25, -0.2) is 0 Å². The molecule has 0 N–H and O–H groups in total. The van der Waals surface area contributed by atoms with E-state index in [1.165, 1.54) is 87.2 Å². The molecule has 0 unspecified atom stereocenters.